The van der Waals surface area contributed by atoms with E-state index in [1.807, 2.05) is 13.8 Å². The number of Topliss-reactive ketones (excluding diaryl/α,β-unsaturated/α-hetero) is 1. The maximum absolute atomic E-state index is 11.8. The summed E-state index contributed by atoms with van der Waals surface area (Å²) >= 11 is 0. The van der Waals surface area contributed by atoms with Crippen molar-refractivity contribution in [2.45, 2.75) is 65.5 Å². The number of carbonyl (C=O) groups is 2. The molecule has 0 aliphatic heterocycles. The predicted octanol–water partition coefficient (Wildman–Crippen LogP) is 1.62. The average molecular weight is 242 g/mol. The van der Waals surface area contributed by atoms with E-state index in [-0.39, 0.29) is 17.7 Å². The quantitative estimate of drug-likeness (QED) is 0.679. The third kappa shape index (κ3) is 7.10. The van der Waals surface area contributed by atoms with Crippen LogP contribution in [0.3, 0.4) is 0 Å². The number of hydrogen-bond donors (Lipinski definition) is 2. The van der Waals surface area contributed by atoms with Gasteiger partial charge in [0.2, 0.25) is 5.91 Å². The van der Waals surface area contributed by atoms with E-state index in [0.717, 1.165) is 12.8 Å². The molecule has 3 N–H and O–H groups in total. The molecule has 1 amide bonds. The van der Waals surface area contributed by atoms with Crippen LogP contribution in [0.5, 0.6) is 0 Å². The first-order valence-corrected chi connectivity index (χ1v) is 6.44. The molecule has 0 saturated carbocycles. The van der Waals surface area contributed by atoms with Gasteiger partial charge in [-0.3, -0.25) is 9.59 Å². The molecule has 0 aromatic carbocycles. The van der Waals surface area contributed by atoms with Crippen LogP contribution in [-0.2, 0) is 9.59 Å². The van der Waals surface area contributed by atoms with Crippen LogP contribution in [-0.4, -0.2) is 23.8 Å². The predicted molar refractivity (Wildman–Crippen MR) is 69.6 cm³/mol. The monoisotopic (exact) mass is 242 g/mol. The van der Waals surface area contributed by atoms with Crippen LogP contribution < -0.4 is 11.1 Å². The van der Waals surface area contributed by atoms with Gasteiger partial charge in [-0.2, -0.15) is 0 Å². The van der Waals surface area contributed by atoms with Gasteiger partial charge in [0, 0.05) is 0 Å². The van der Waals surface area contributed by atoms with E-state index in [0.29, 0.717) is 18.8 Å². The van der Waals surface area contributed by atoms with Gasteiger partial charge in [-0.25, -0.2) is 0 Å². The van der Waals surface area contributed by atoms with Gasteiger partial charge < -0.3 is 11.1 Å². The lowest BCUT2D eigenvalue weighted by molar-refractivity contribution is -0.128. The number of amides is 1. The van der Waals surface area contributed by atoms with Gasteiger partial charge in [0.15, 0.2) is 5.78 Å². The van der Waals surface area contributed by atoms with Crippen LogP contribution in [0.15, 0.2) is 0 Å². The Bertz CT molecular complexity index is 252. The van der Waals surface area contributed by atoms with E-state index in [2.05, 4.69) is 12.2 Å². The second-order valence-electron chi connectivity index (χ2n) is 5.05. The number of unbranched alkanes of at least 4 members (excludes halogenated alkanes) is 1. The van der Waals surface area contributed by atoms with E-state index in [9.17, 15) is 9.59 Å². The molecule has 2 atom stereocenters. The van der Waals surface area contributed by atoms with Crippen LogP contribution in [0.2, 0.25) is 0 Å². The molecule has 17 heavy (non-hydrogen) atoms. The third-order valence-electron chi connectivity index (χ3n) is 2.72. The van der Waals surface area contributed by atoms with Crippen molar-refractivity contribution in [3.63, 3.8) is 0 Å². The summed E-state index contributed by atoms with van der Waals surface area (Å²) in [6, 6.07) is -0.890. The molecule has 0 fully saturated rings. The van der Waals surface area contributed by atoms with Crippen molar-refractivity contribution in [2.75, 3.05) is 0 Å². The number of nitrogens with one attached hydrogen (secondary N) is 1. The SMILES string of the molecule is CCCCC(NC(=O)[C@@H](N)CC(C)C)C(C)=O. The van der Waals surface area contributed by atoms with Crippen molar-refractivity contribution in [2.24, 2.45) is 11.7 Å². The molecule has 0 radical (unpaired) electrons. The van der Waals surface area contributed by atoms with Gasteiger partial charge in [0.1, 0.15) is 0 Å². The summed E-state index contributed by atoms with van der Waals surface area (Å²) in [5.74, 6) is 0.167. The molecule has 0 spiro atoms. The molecule has 0 aliphatic rings. The summed E-state index contributed by atoms with van der Waals surface area (Å²) in [7, 11) is 0. The first-order chi connectivity index (χ1) is 7.88. The Hall–Kier alpha value is -0.900. The largest absolute Gasteiger partial charge is 0.345 e. The molecule has 0 bridgehead atoms. The number of nitrogens with two attached hydrogens (primary N) is 1. The van der Waals surface area contributed by atoms with Crippen molar-refractivity contribution < 1.29 is 9.59 Å². The fourth-order valence-electron chi connectivity index (χ4n) is 1.68. The smallest absolute Gasteiger partial charge is 0.237 e. The summed E-state index contributed by atoms with van der Waals surface area (Å²) in [4.78, 5) is 23.1. The highest BCUT2D eigenvalue weighted by molar-refractivity contribution is 5.89. The van der Waals surface area contributed by atoms with E-state index >= 15 is 0 Å². The molecule has 0 aromatic heterocycles. The molecule has 100 valence electrons. The normalized spacial score (nSPS) is 14.5. The topological polar surface area (TPSA) is 72.2 Å². The summed E-state index contributed by atoms with van der Waals surface area (Å²) in [6.07, 6.45) is 3.29. The van der Waals surface area contributed by atoms with Crippen LogP contribution in [0.25, 0.3) is 0 Å². The molecule has 0 aliphatic carbocycles. The number of hydrogen-bond acceptors (Lipinski definition) is 3. The summed E-state index contributed by atoms with van der Waals surface area (Å²) in [5, 5.41) is 2.74. The van der Waals surface area contributed by atoms with Gasteiger partial charge in [-0.15, -0.1) is 0 Å². The minimum Gasteiger partial charge on any atom is -0.345 e. The highest BCUT2D eigenvalue weighted by Crippen LogP contribution is 2.05. The standard InChI is InChI=1S/C13H26N2O2/c1-5-6-7-12(10(4)16)15-13(17)11(14)8-9(2)3/h9,11-12H,5-8,14H2,1-4H3,(H,15,17)/t11-,12?/m0/s1. The highest BCUT2D eigenvalue weighted by Gasteiger charge is 2.21. The highest BCUT2D eigenvalue weighted by atomic mass is 16.2. The summed E-state index contributed by atoms with van der Waals surface area (Å²) < 4.78 is 0. The molecular formula is C13H26N2O2. The van der Waals surface area contributed by atoms with Gasteiger partial charge in [0.05, 0.1) is 12.1 Å². The van der Waals surface area contributed by atoms with Gasteiger partial charge in [0.25, 0.3) is 0 Å². The van der Waals surface area contributed by atoms with E-state index in [1.165, 1.54) is 6.92 Å². The van der Waals surface area contributed by atoms with Crippen LogP contribution in [0.1, 0.15) is 53.4 Å². The Kier molecular flexibility index (Phi) is 7.79. The molecular weight excluding hydrogens is 216 g/mol. The Morgan fingerprint density at radius 2 is 1.88 bits per heavy atom. The fraction of sp³-hybridized carbons (Fsp3) is 0.846. The zero-order valence-electron chi connectivity index (χ0n) is 11.5. The van der Waals surface area contributed by atoms with E-state index in [1.54, 1.807) is 0 Å². The molecule has 0 rings (SSSR count). The van der Waals surface area contributed by atoms with Crippen molar-refractivity contribution in [1.82, 2.24) is 5.32 Å². The molecule has 0 heterocycles. The Morgan fingerprint density at radius 3 is 2.29 bits per heavy atom. The lowest BCUT2D eigenvalue weighted by Gasteiger charge is -2.19. The van der Waals surface area contributed by atoms with Crippen molar-refractivity contribution >= 4 is 11.7 Å². The maximum Gasteiger partial charge on any atom is 0.237 e. The zero-order chi connectivity index (χ0) is 13.4. The first-order valence-electron chi connectivity index (χ1n) is 6.44. The Morgan fingerprint density at radius 1 is 1.29 bits per heavy atom. The van der Waals surface area contributed by atoms with Crippen LogP contribution >= 0.6 is 0 Å². The van der Waals surface area contributed by atoms with Crippen LogP contribution in [0.4, 0.5) is 0 Å². The van der Waals surface area contributed by atoms with Crippen molar-refractivity contribution in [3.8, 4) is 0 Å². The molecule has 4 nitrogen and oxygen atoms in total. The molecule has 4 heteroatoms. The van der Waals surface area contributed by atoms with Crippen LogP contribution in [0, 0.1) is 5.92 Å². The Labute approximate surface area is 104 Å². The number of ketones is 1. The zero-order valence-corrected chi connectivity index (χ0v) is 11.5. The second kappa shape index (κ2) is 8.23. The lowest BCUT2D eigenvalue weighted by atomic mass is 10.0. The summed E-state index contributed by atoms with van der Waals surface area (Å²) in [5.41, 5.74) is 5.77. The fourth-order valence-corrected chi connectivity index (χ4v) is 1.68. The van der Waals surface area contributed by atoms with Gasteiger partial charge in [-0.05, 0) is 25.7 Å². The third-order valence-corrected chi connectivity index (χ3v) is 2.72. The van der Waals surface area contributed by atoms with Crippen molar-refractivity contribution in [3.05, 3.63) is 0 Å². The van der Waals surface area contributed by atoms with E-state index < -0.39 is 6.04 Å². The minimum absolute atomic E-state index is 0.00328. The average Bonchev–Trinajstić information content (AvgIpc) is 2.22. The number of rotatable bonds is 8. The minimum atomic E-state index is -0.515. The van der Waals surface area contributed by atoms with Crippen molar-refractivity contribution in [1.29, 1.82) is 0 Å². The van der Waals surface area contributed by atoms with Gasteiger partial charge >= 0.3 is 0 Å². The second-order valence-corrected chi connectivity index (χ2v) is 5.05. The summed E-state index contributed by atoms with van der Waals surface area (Å²) in [6.45, 7) is 7.61. The lowest BCUT2D eigenvalue weighted by Crippen LogP contribution is -2.48. The van der Waals surface area contributed by atoms with E-state index in [4.69, 9.17) is 5.73 Å². The molecule has 0 aromatic rings. The Balaban J connectivity index is 4.24. The maximum atomic E-state index is 11.8. The molecule has 0 saturated heterocycles. The first kappa shape index (κ1) is 16.1. The molecule has 1 unspecified atom stereocenters. The number of carbonyl (C=O) groups excluding carboxylic acids is 2. The van der Waals surface area contributed by atoms with Gasteiger partial charge in [-0.1, -0.05) is 33.6 Å².